The summed E-state index contributed by atoms with van der Waals surface area (Å²) in [5.74, 6) is 1.82. The molecular weight excluding hydrogens is 298 g/mol. The molecule has 2 rings (SSSR count). The van der Waals surface area contributed by atoms with Crippen molar-refractivity contribution in [2.75, 3.05) is 7.11 Å². The number of methoxy groups -OCH3 is 1. The number of hydrogen-bond acceptors (Lipinski definition) is 4. The van der Waals surface area contributed by atoms with Crippen LogP contribution in [0.15, 0.2) is 40.9 Å². The van der Waals surface area contributed by atoms with Gasteiger partial charge in [0, 0.05) is 6.07 Å². The standard InChI is InChI=1S/C13H12BrNO3/c1-17-10-5-6-12(11(14)7-10)18-13-4-2-3-9(8-16)15-13/h2-7,16H,8H2,1H3. The van der Waals surface area contributed by atoms with Crippen molar-refractivity contribution in [2.45, 2.75) is 6.61 Å². The number of benzene rings is 1. The number of aliphatic hydroxyl groups is 1. The third kappa shape index (κ3) is 3.00. The van der Waals surface area contributed by atoms with Gasteiger partial charge in [0.25, 0.3) is 0 Å². The fraction of sp³-hybridized carbons (Fsp3) is 0.154. The summed E-state index contributed by atoms with van der Waals surface area (Å²) >= 11 is 3.40. The largest absolute Gasteiger partial charge is 0.497 e. The Morgan fingerprint density at radius 3 is 2.78 bits per heavy atom. The lowest BCUT2D eigenvalue weighted by molar-refractivity contribution is 0.275. The second kappa shape index (κ2) is 5.84. The summed E-state index contributed by atoms with van der Waals surface area (Å²) in [4.78, 5) is 4.15. The molecule has 5 heteroatoms. The van der Waals surface area contributed by atoms with Crippen LogP contribution < -0.4 is 9.47 Å². The first-order chi connectivity index (χ1) is 8.72. The second-order valence-corrected chi connectivity index (χ2v) is 4.38. The molecule has 0 fully saturated rings. The third-order valence-corrected chi connectivity index (χ3v) is 2.92. The Bertz CT molecular complexity index is 546. The first kappa shape index (κ1) is 12.9. The van der Waals surface area contributed by atoms with E-state index in [2.05, 4.69) is 20.9 Å². The molecule has 0 spiro atoms. The minimum absolute atomic E-state index is 0.110. The van der Waals surface area contributed by atoms with Crippen molar-refractivity contribution >= 4 is 15.9 Å². The van der Waals surface area contributed by atoms with Gasteiger partial charge in [-0.2, -0.15) is 0 Å². The van der Waals surface area contributed by atoms with Gasteiger partial charge >= 0.3 is 0 Å². The van der Waals surface area contributed by atoms with E-state index in [0.29, 0.717) is 17.3 Å². The molecular formula is C13H12BrNO3. The van der Waals surface area contributed by atoms with Gasteiger partial charge < -0.3 is 14.6 Å². The fourth-order valence-electron chi connectivity index (χ4n) is 1.41. The Hall–Kier alpha value is -1.59. The van der Waals surface area contributed by atoms with E-state index in [-0.39, 0.29) is 6.61 Å². The van der Waals surface area contributed by atoms with Gasteiger partial charge in [0.05, 0.1) is 23.9 Å². The summed E-state index contributed by atoms with van der Waals surface area (Å²) in [6, 6.07) is 10.6. The molecule has 0 radical (unpaired) electrons. The molecule has 0 amide bonds. The first-order valence-electron chi connectivity index (χ1n) is 5.31. The van der Waals surface area contributed by atoms with E-state index >= 15 is 0 Å². The summed E-state index contributed by atoms with van der Waals surface area (Å²) in [5, 5.41) is 9.01. The number of rotatable bonds is 4. The Morgan fingerprint density at radius 1 is 1.28 bits per heavy atom. The van der Waals surface area contributed by atoms with Gasteiger partial charge in [-0.25, -0.2) is 4.98 Å². The van der Waals surface area contributed by atoms with E-state index in [1.165, 1.54) is 0 Å². The van der Waals surface area contributed by atoms with Crippen LogP contribution in [0.25, 0.3) is 0 Å². The molecule has 1 aromatic carbocycles. The van der Waals surface area contributed by atoms with Gasteiger partial charge in [-0.05, 0) is 40.2 Å². The Kier molecular flexibility index (Phi) is 4.17. The van der Waals surface area contributed by atoms with Crippen molar-refractivity contribution in [1.82, 2.24) is 4.98 Å². The van der Waals surface area contributed by atoms with Gasteiger partial charge in [-0.15, -0.1) is 0 Å². The predicted octanol–water partition coefficient (Wildman–Crippen LogP) is 3.14. The molecule has 4 nitrogen and oxygen atoms in total. The van der Waals surface area contributed by atoms with Crippen LogP contribution >= 0.6 is 15.9 Å². The monoisotopic (exact) mass is 309 g/mol. The van der Waals surface area contributed by atoms with Crippen LogP contribution in [0.3, 0.4) is 0 Å². The lowest BCUT2D eigenvalue weighted by atomic mass is 10.3. The van der Waals surface area contributed by atoms with Crippen LogP contribution in [0.1, 0.15) is 5.69 Å². The van der Waals surface area contributed by atoms with Crippen LogP contribution in [0.2, 0.25) is 0 Å². The molecule has 94 valence electrons. The highest BCUT2D eigenvalue weighted by Gasteiger charge is 2.05. The first-order valence-corrected chi connectivity index (χ1v) is 6.10. The lowest BCUT2D eigenvalue weighted by Crippen LogP contribution is -1.93. The minimum Gasteiger partial charge on any atom is -0.497 e. The summed E-state index contributed by atoms with van der Waals surface area (Å²) in [6.07, 6.45) is 0. The second-order valence-electron chi connectivity index (χ2n) is 3.52. The van der Waals surface area contributed by atoms with E-state index in [0.717, 1.165) is 10.2 Å². The summed E-state index contributed by atoms with van der Waals surface area (Å²) in [7, 11) is 1.61. The molecule has 0 unspecified atom stereocenters. The Labute approximate surface area is 113 Å². The van der Waals surface area contributed by atoms with Crippen LogP contribution in [0, 0.1) is 0 Å². The van der Waals surface area contributed by atoms with Crippen molar-refractivity contribution in [2.24, 2.45) is 0 Å². The number of nitrogens with zero attached hydrogens (tertiary/aromatic N) is 1. The minimum atomic E-state index is -0.110. The van der Waals surface area contributed by atoms with E-state index < -0.39 is 0 Å². The predicted molar refractivity (Wildman–Crippen MR) is 70.9 cm³/mol. The van der Waals surface area contributed by atoms with Crippen molar-refractivity contribution in [3.63, 3.8) is 0 Å². The van der Waals surface area contributed by atoms with Crippen molar-refractivity contribution in [3.05, 3.63) is 46.6 Å². The highest BCUT2D eigenvalue weighted by atomic mass is 79.9. The quantitative estimate of drug-likeness (QED) is 0.942. The number of halogens is 1. The van der Waals surface area contributed by atoms with Gasteiger partial charge in [-0.3, -0.25) is 0 Å². The van der Waals surface area contributed by atoms with Crippen LogP contribution in [-0.4, -0.2) is 17.2 Å². The van der Waals surface area contributed by atoms with Crippen LogP contribution in [0.5, 0.6) is 17.4 Å². The number of aromatic nitrogens is 1. The zero-order valence-corrected chi connectivity index (χ0v) is 11.3. The molecule has 1 aromatic heterocycles. The molecule has 0 bridgehead atoms. The highest BCUT2D eigenvalue weighted by molar-refractivity contribution is 9.10. The average molecular weight is 310 g/mol. The normalized spacial score (nSPS) is 10.2. The number of pyridine rings is 1. The Balaban J connectivity index is 2.22. The number of hydrogen-bond donors (Lipinski definition) is 1. The van der Waals surface area contributed by atoms with Crippen LogP contribution in [0.4, 0.5) is 0 Å². The maximum atomic E-state index is 9.01. The van der Waals surface area contributed by atoms with E-state index in [9.17, 15) is 0 Å². The van der Waals surface area contributed by atoms with E-state index in [4.69, 9.17) is 14.6 Å². The van der Waals surface area contributed by atoms with Crippen LogP contribution in [-0.2, 0) is 6.61 Å². The van der Waals surface area contributed by atoms with Crippen molar-refractivity contribution < 1.29 is 14.6 Å². The Morgan fingerprint density at radius 2 is 2.11 bits per heavy atom. The molecule has 0 saturated carbocycles. The highest BCUT2D eigenvalue weighted by Crippen LogP contribution is 2.32. The number of ether oxygens (including phenoxy) is 2. The molecule has 1 heterocycles. The molecule has 0 aliphatic heterocycles. The summed E-state index contributed by atoms with van der Waals surface area (Å²) in [5.41, 5.74) is 0.567. The van der Waals surface area contributed by atoms with Gasteiger partial charge in [0.2, 0.25) is 5.88 Å². The third-order valence-electron chi connectivity index (χ3n) is 2.30. The maximum Gasteiger partial charge on any atom is 0.219 e. The lowest BCUT2D eigenvalue weighted by Gasteiger charge is -2.08. The summed E-state index contributed by atoms with van der Waals surface area (Å²) < 4.78 is 11.5. The molecule has 0 saturated heterocycles. The smallest absolute Gasteiger partial charge is 0.219 e. The van der Waals surface area contributed by atoms with Crippen molar-refractivity contribution in [1.29, 1.82) is 0 Å². The van der Waals surface area contributed by atoms with Gasteiger partial charge in [0.1, 0.15) is 11.5 Å². The SMILES string of the molecule is COc1ccc(Oc2cccc(CO)n2)c(Br)c1. The zero-order chi connectivity index (χ0) is 13.0. The van der Waals surface area contributed by atoms with Gasteiger partial charge in [-0.1, -0.05) is 6.07 Å². The zero-order valence-electron chi connectivity index (χ0n) is 9.76. The molecule has 1 N–H and O–H groups in total. The molecule has 0 atom stereocenters. The molecule has 2 aromatic rings. The molecule has 0 aliphatic rings. The topological polar surface area (TPSA) is 51.6 Å². The van der Waals surface area contributed by atoms with Crippen molar-refractivity contribution in [3.8, 4) is 17.4 Å². The van der Waals surface area contributed by atoms with E-state index in [1.807, 2.05) is 6.07 Å². The number of aliphatic hydroxyl groups excluding tert-OH is 1. The molecule has 18 heavy (non-hydrogen) atoms. The maximum absolute atomic E-state index is 9.01. The summed E-state index contributed by atoms with van der Waals surface area (Å²) in [6.45, 7) is -0.110. The van der Waals surface area contributed by atoms with E-state index in [1.54, 1.807) is 37.4 Å². The fourth-order valence-corrected chi connectivity index (χ4v) is 1.85. The van der Waals surface area contributed by atoms with Gasteiger partial charge in [0.15, 0.2) is 0 Å². The molecule has 0 aliphatic carbocycles. The average Bonchev–Trinajstić information content (AvgIpc) is 2.41.